The second-order valence-electron chi connectivity index (χ2n) is 16.8. The van der Waals surface area contributed by atoms with Gasteiger partial charge in [-0.1, -0.05) is 64.1 Å². The Hall–Kier alpha value is -4.49. The quantitative estimate of drug-likeness (QED) is 0.110. The van der Waals surface area contributed by atoms with E-state index in [0.29, 0.717) is 42.7 Å². The molecule has 59 heavy (non-hydrogen) atoms. The molecule has 3 fully saturated rings. The Morgan fingerprint density at radius 2 is 1.25 bits per heavy atom. The smallest absolute Gasteiger partial charge is 0.207 e. The SMILES string of the molecule is CC(C)C(C=O)NC=O.CC(C)CC=O.CN.CN1CCCC1c1ncc(-c2ccc(-c3ccc(-c4cnc([C@@H]5CCCN5C)[nH]4)cc3)c3c2C2CCC3C2)[nH]1.COC. The van der Waals surface area contributed by atoms with Crippen molar-refractivity contribution in [1.29, 1.82) is 0 Å². The van der Waals surface area contributed by atoms with E-state index < -0.39 is 0 Å². The largest absolute Gasteiger partial charge is 0.388 e. The number of nitrogens with zero attached hydrogens (tertiary/aromatic N) is 4. The van der Waals surface area contributed by atoms with Crippen molar-refractivity contribution in [2.24, 2.45) is 17.6 Å². The first-order valence-corrected chi connectivity index (χ1v) is 21.4. The number of hydrogen-bond donors (Lipinski definition) is 4. The number of imidazole rings is 2. The molecule has 2 saturated heterocycles. The summed E-state index contributed by atoms with van der Waals surface area (Å²) in [6.45, 7) is 10.1. The van der Waals surface area contributed by atoms with E-state index in [0.717, 1.165) is 43.0 Å². The van der Waals surface area contributed by atoms with Gasteiger partial charge in [-0.25, -0.2) is 9.97 Å². The number of likely N-dealkylation sites (tertiary alicyclic amines) is 2. The Labute approximate surface area is 352 Å². The summed E-state index contributed by atoms with van der Waals surface area (Å²) in [5.74, 6) is 4.29. The number of H-pyrrole nitrogens is 2. The van der Waals surface area contributed by atoms with Gasteiger partial charge in [0.15, 0.2) is 0 Å². The number of nitrogens with one attached hydrogen (secondary N) is 3. The minimum atomic E-state index is -0.331. The van der Waals surface area contributed by atoms with E-state index in [4.69, 9.17) is 9.97 Å². The first kappa shape index (κ1) is 47.2. The molecule has 0 radical (unpaired) electrons. The molecule has 4 aromatic rings. The van der Waals surface area contributed by atoms with Gasteiger partial charge in [0.05, 0.1) is 41.9 Å². The Balaban J connectivity index is 0.000000323. The van der Waals surface area contributed by atoms with Gasteiger partial charge in [-0.2, -0.15) is 0 Å². The van der Waals surface area contributed by atoms with E-state index in [1.807, 2.05) is 33.9 Å². The first-order valence-electron chi connectivity index (χ1n) is 21.4. The number of aldehydes is 2. The van der Waals surface area contributed by atoms with Crippen LogP contribution < -0.4 is 11.1 Å². The minimum Gasteiger partial charge on any atom is -0.388 e. The summed E-state index contributed by atoms with van der Waals surface area (Å²) < 4.78 is 4.25. The van der Waals surface area contributed by atoms with Gasteiger partial charge >= 0.3 is 0 Å². The van der Waals surface area contributed by atoms with E-state index >= 15 is 0 Å². The average Bonchev–Trinajstić information content (AvgIpc) is 4.10. The van der Waals surface area contributed by atoms with Crippen molar-refractivity contribution in [3.8, 4) is 33.6 Å². The van der Waals surface area contributed by atoms with E-state index in [2.05, 4.69) is 92.2 Å². The number of hydrogen-bond acceptors (Lipinski definition) is 9. The second-order valence-corrected chi connectivity index (χ2v) is 16.8. The molecular weight excluding hydrogens is 741 g/mol. The molecule has 5 N–H and O–H groups in total. The zero-order valence-electron chi connectivity index (χ0n) is 37.0. The average molecular weight is 811 g/mol. The zero-order valence-corrected chi connectivity index (χ0v) is 37.0. The summed E-state index contributed by atoms with van der Waals surface area (Å²) in [5.41, 5.74) is 15.3. The maximum atomic E-state index is 10.1. The molecule has 4 unspecified atom stereocenters. The van der Waals surface area contributed by atoms with Crippen molar-refractivity contribution in [3.63, 3.8) is 0 Å². The van der Waals surface area contributed by atoms with Gasteiger partial charge in [0.1, 0.15) is 24.2 Å². The predicted octanol–water partition coefficient (Wildman–Crippen LogP) is 8.06. The molecule has 4 heterocycles. The van der Waals surface area contributed by atoms with Gasteiger partial charge in [0.25, 0.3) is 0 Å². The monoisotopic (exact) mass is 811 g/mol. The van der Waals surface area contributed by atoms with Crippen molar-refractivity contribution in [1.82, 2.24) is 35.1 Å². The lowest BCUT2D eigenvalue weighted by Crippen LogP contribution is -2.33. The van der Waals surface area contributed by atoms with Crippen LogP contribution in [0.5, 0.6) is 0 Å². The lowest BCUT2D eigenvalue weighted by Gasteiger charge is -2.22. The standard InChI is InChI=1S/C33H38N6.C6H11NO2.C5H10O.C2H6O.CH5N/c1-38-15-3-5-28(38)32-34-18-26(36-32)21-9-7-20(8-10-21)24-13-14-25(31-23-12-11-22(17-23)30(24)31)27-19-35-33(37-27)29-6-4-16-39(29)2;1-5(2)6(3-8)7-4-9;1-5(2)3-4-6;1-3-2;1-2/h7-10,13-14,18-19,22-23,28-29H,3-6,11-12,15-17H2,1-2H3,(H,34,36)(H,35,37);3-6H,1-2H3,(H,7,9);4-5H,3H2,1-2H3;1-2H3;2H2,1H3/t22?,23?,28-,29?;;;;/m0..../s1. The molecular formula is C47H70N8O4. The van der Waals surface area contributed by atoms with Gasteiger partial charge in [-0.05, 0) is 131 Å². The number of benzene rings is 2. The van der Waals surface area contributed by atoms with Crippen LogP contribution in [-0.2, 0) is 19.1 Å². The van der Waals surface area contributed by atoms with Crippen molar-refractivity contribution in [3.05, 3.63) is 71.6 Å². The number of fused-ring (bicyclic) bond motifs is 5. The van der Waals surface area contributed by atoms with E-state index in [9.17, 15) is 14.4 Å². The van der Waals surface area contributed by atoms with Crippen LogP contribution in [0.2, 0.25) is 0 Å². The maximum absolute atomic E-state index is 10.1. The molecule has 2 aromatic carbocycles. The van der Waals surface area contributed by atoms with Crippen LogP contribution >= 0.6 is 0 Å². The molecule has 2 aromatic heterocycles. The van der Waals surface area contributed by atoms with Crippen LogP contribution in [0.25, 0.3) is 33.6 Å². The van der Waals surface area contributed by atoms with Crippen LogP contribution in [-0.4, -0.2) is 103 Å². The Morgan fingerprint density at radius 1 is 0.763 bits per heavy atom. The number of methoxy groups -OCH3 is 1. The molecule has 2 aliphatic heterocycles. The van der Waals surface area contributed by atoms with E-state index in [1.54, 1.807) is 25.3 Å². The summed E-state index contributed by atoms with van der Waals surface area (Å²) in [6.07, 6.45) is 15.8. The molecule has 1 saturated carbocycles. The second kappa shape index (κ2) is 23.3. The first-order chi connectivity index (χ1) is 28.5. The summed E-state index contributed by atoms with van der Waals surface area (Å²) >= 11 is 0. The van der Waals surface area contributed by atoms with E-state index in [1.165, 1.54) is 79.9 Å². The summed E-state index contributed by atoms with van der Waals surface area (Å²) in [4.78, 5) is 51.3. The molecule has 322 valence electrons. The molecule has 12 nitrogen and oxygen atoms in total. The Kier molecular flexibility index (Phi) is 18.7. The van der Waals surface area contributed by atoms with Gasteiger partial charge in [0.2, 0.25) is 6.41 Å². The fourth-order valence-corrected chi connectivity index (χ4v) is 8.80. The summed E-state index contributed by atoms with van der Waals surface area (Å²) in [7, 11) is 9.17. The number of aromatic amines is 2. The normalized spacial score (nSPS) is 20.9. The fraction of sp³-hybridized carbons (Fsp3) is 0.553. The lowest BCUT2D eigenvalue weighted by atomic mass is 9.82. The van der Waals surface area contributed by atoms with Gasteiger partial charge in [-0.15, -0.1) is 0 Å². The van der Waals surface area contributed by atoms with Gasteiger partial charge < -0.3 is 35.3 Å². The third-order valence-electron chi connectivity index (χ3n) is 11.9. The highest BCUT2D eigenvalue weighted by molar-refractivity contribution is 5.80. The summed E-state index contributed by atoms with van der Waals surface area (Å²) in [5, 5.41) is 2.38. The molecule has 1 amide bonds. The maximum Gasteiger partial charge on any atom is 0.207 e. The number of nitrogens with two attached hydrogens (primary N) is 1. The molecule has 0 spiro atoms. The molecule has 5 atom stereocenters. The van der Waals surface area contributed by atoms with Crippen LogP contribution in [0.1, 0.15) is 126 Å². The van der Waals surface area contributed by atoms with Crippen LogP contribution in [0.4, 0.5) is 0 Å². The number of rotatable bonds is 11. The van der Waals surface area contributed by atoms with E-state index in [-0.39, 0.29) is 12.0 Å². The van der Waals surface area contributed by atoms with Crippen LogP contribution in [0.15, 0.2) is 48.8 Å². The number of carbonyl (C=O) groups is 3. The van der Waals surface area contributed by atoms with Crippen molar-refractivity contribution >= 4 is 19.0 Å². The zero-order chi connectivity index (χ0) is 43.1. The minimum absolute atomic E-state index is 0.174. The molecule has 2 aliphatic carbocycles. The number of amides is 1. The van der Waals surface area contributed by atoms with Crippen LogP contribution in [0, 0.1) is 11.8 Å². The van der Waals surface area contributed by atoms with Gasteiger partial charge in [-0.3, -0.25) is 14.6 Å². The Morgan fingerprint density at radius 3 is 1.68 bits per heavy atom. The van der Waals surface area contributed by atoms with Crippen molar-refractivity contribution in [2.45, 2.75) is 109 Å². The third-order valence-corrected chi connectivity index (χ3v) is 11.9. The molecule has 4 aliphatic rings. The predicted molar refractivity (Wildman–Crippen MR) is 238 cm³/mol. The topological polar surface area (TPSA) is 162 Å². The Bertz CT molecular complexity index is 1890. The number of aromatic nitrogens is 4. The van der Waals surface area contributed by atoms with Gasteiger partial charge in [0, 0.05) is 26.2 Å². The third kappa shape index (κ3) is 11.8. The van der Waals surface area contributed by atoms with Crippen molar-refractivity contribution < 1.29 is 19.1 Å². The van der Waals surface area contributed by atoms with Crippen molar-refractivity contribution in [2.75, 3.05) is 48.5 Å². The highest BCUT2D eigenvalue weighted by Gasteiger charge is 2.40. The lowest BCUT2D eigenvalue weighted by molar-refractivity contribution is -0.116. The van der Waals surface area contributed by atoms with Crippen LogP contribution in [0.3, 0.4) is 0 Å². The fourth-order valence-electron chi connectivity index (χ4n) is 8.80. The highest BCUT2D eigenvalue weighted by Crippen LogP contribution is 2.58. The molecule has 2 bridgehead atoms. The highest BCUT2D eigenvalue weighted by atomic mass is 16.4. The molecule has 8 rings (SSSR count). The number of carbonyl (C=O) groups excluding carboxylic acids is 3. The number of ether oxygens (including phenoxy) is 1. The molecule has 12 heteroatoms. The summed E-state index contributed by atoms with van der Waals surface area (Å²) in [6, 6.07) is 14.4.